The minimum atomic E-state index is -0.786. The van der Waals surface area contributed by atoms with E-state index in [1.54, 1.807) is 11.0 Å². The van der Waals surface area contributed by atoms with Gasteiger partial charge in [-0.1, -0.05) is 103 Å². The maximum Gasteiger partial charge on any atom is 0.332 e. The second-order valence-corrected chi connectivity index (χ2v) is 8.17. The molecule has 3 aromatic rings. The lowest BCUT2D eigenvalue weighted by molar-refractivity contribution is -0.149. The average molecular weight is 450 g/mol. The van der Waals surface area contributed by atoms with Gasteiger partial charge in [0.25, 0.3) is 0 Å². The fourth-order valence-electron chi connectivity index (χ4n) is 4.19. The Morgan fingerprint density at radius 3 is 2.03 bits per heavy atom. The van der Waals surface area contributed by atoms with Crippen LogP contribution in [-0.4, -0.2) is 36.5 Å². The zero-order valence-electron chi connectivity index (χ0n) is 19.2. The quantitative estimate of drug-likeness (QED) is 0.403. The Kier molecular flexibility index (Phi) is 7.57. The number of esters is 1. The molecule has 0 spiro atoms. The third kappa shape index (κ3) is 5.44. The van der Waals surface area contributed by atoms with Gasteiger partial charge in [0.1, 0.15) is 6.04 Å². The highest BCUT2D eigenvalue weighted by Crippen LogP contribution is 2.30. The van der Waals surface area contributed by atoms with E-state index in [-0.39, 0.29) is 12.5 Å². The summed E-state index contributed by atoms with van der Waals surface area (Å²) in [6.07, 6.45) is 3.31. The molecule has 1 aliphatic rings. The Labute approximate surface area is 200 Å². The second-order valence-electron chi connectivity index (χ2n) is 8.17. The number of benzene rings is 3. The molecule has 0 N–H and O–H groups in total. The van der Waals surface area contributed by atoms with E-state index >= 15 is 0 Å². The van der Waals surface area contributed by atoms with E-state index in [0.29, 0.717) is 6.42 Å². The average Bonchev–Trinajstić information content (AvgIpc) is 3.32. The predicted octanol–water partition coefficient (Wildman–Crippen LogP) is 4.76. The molecule has 1 amide bonds. The summed E-state index contributed by atoms with van der Waals surface area (Å²) in [6, 6.07) is 28.7. The van der Waals surface area contributed by atoms with Crippen LogP contribution in [0.1, 0.15) is 29.0 Å². The molecule has 0 saturated carbocycles. The summed E-state index contributed by atoms with van der Waals surface area (Å²) in [7, 11) is 1.34. The van der Waals surface area contributed by atoms with Crippen LogP contribution in [0.2, 0.25) is 0 Å². The maximum absolute atomic E-state index is 13.9. The van der Waals surface area contributed by atoms with Gasteiger partial charge in [-0.3, -0.25) is 4.79 Å². The van der Waals surface area contributed by atoms with Gasteiger partial charge in [0.05, 0.1) is 19.6 Å². The first kappa shape index (κ1) is 23.1. The molecule has 4 heteroatoms. The highest BCUT2D eigenvalue weighted by molar-refractivity contribution is 5.93. The highest BCUT2D eigenvalue weighted by Gasteiger charge is 2.38. The Bertz CT molecular complexity index is 1170. The number of methoxy groups -OCH3 is 1. The third-order valence-electron chi connectivity index (χ3n) is 5.90. The first-order valence-corrected chi connectivity index (χ1v) is 11.4. The lowest BCUT2D eigenvalue weighted by atomic mass is 9.89. The van der Waals surface area contributed by atoms with Crippen LogP contribution in [0.25, 0.3) is 0 Å². The van der Waals surface area contributed by atoms with Crippen molar-refractivity contribution in [1.82, 2.24) is 4.90 Å². The second kappa shape index (κ2) is 11.2. The number of carbonyl (C=O) groups is 2. The number of hydrogen-bond donors (Lipinski definition) is 0. The molecule has 0 fully saturated rings. The van der Waals surface area contributed by atoms with Crippen molar-refractivity contribution in [3.8, 4) is 11.8 Å². The van der Waals surface area contributed by atoms with Gasteiger partial charge in [0, 0.05) is 12.0 Å². The number of rotatable bonds is 6. The summed E-state index contributed by atoms with van der Waals surface area (Å²) < 4.78 is 5.01. The molecule has 1 unspecified atom stereocenters. The van der Waals surface area contributed by atoms with Gasteiger partial charge in [0.15, 0.2) is 0 Å². The molecule has 34 heavy (non-hydrogen) atoms. The van der Waals surface area contributed by atoms with Crippen LogP contribution >= 0.6 is 0 Å². The van der Waals surface area contributed by atoms with E-state index in [1.807, 2.05) is 78.9 Å². The topological polar surface area (TPSA) is 46.6 Å². The van der Waals surface area contributed by atoms with Crippen molar-refractivity contribution in [3.05, 3.63) is 119 Å². The number of ether oxygens (including phenoxy) is 1. The summed E-state index contributed by atoms with van der Waals surface area (Å²) in [5.74, 6) is 5.24. The van der Waals surface area contributed by atoms with Crippen molar-refractivity contribution in [1.29, 1.82) is 0 Å². The minimum absolute atomic E-state index is 0.148. The third-order valence-corrected chi connectivity index (χ3v) is 5.90. The lowest BCUT2D eigenvalue weighted by Crippen LogP contribution is -2.44. The van der Waals surface area contributed by atoms with E-state index in [9.17, 15) is 9.59 Å². The van der Waals surface area contributed by atoms with Crippen LogP contribution in [0, 0.1) is 11.8 Å². The van der Waals surface area contributed by atoms with Gasteiger partial charge < -0.3 is 9.64 Å². The van der Waals surface area contributed by atoms with Crippen molar-refractivity contribution >= 4 is 11.9 Å². The first-order chi connectivity index (χ1) is 16.7. The minimum Gasteiger partial charge on any atom is -0.467 e. The van der Waals surface area contributed by atoms with Crippen LogP contribution in [0.3, 0.4) is 0 Å². The van der Waals surface area contributed by atoms with Crippen molar-refractivity contribution in [2.45, 2.75) is 24.8 Å². The Hall–Kier alpha value is -4.10. The molecule has 0 bridgehead atoms. The number of aryl methyl sites for hydroxylation is 1. The summed E-state index contributed by atoms with van der Waals surface area (Å²) in [5, 5.41) is 0. The zero-order chi connectivity index (χ0) is 23.8. The molecule has 170 valence electrons. The fraction of sp³-hybridized carbons (Fsp3) is 0.200. The first-order valence-electron chi connectivity index (χ1n) is 11.4. The molecule has 0 radical (unpaired) electrons. The number of hydrogen-bond acceptors (Lipinski definition) is 3. The fourth-order valence-corrected chi connectivity index (χ4v) is 4.19. The molecule has 0 aromatic heterocycles. The standard InChI is InChI=1S/C30H27NO3/c1-34-30(33)27-21-24(16-12-11-15-23-13-5-2-6-14-23)22-31(27)29(32)28(25-17-7-3-8-18-25)26-19-9-4-10-20-26/h2-10,13-14,17-21,27-28H,11,15,22H2,1H3. The molecule has 1 atom stereocenters. The van der Waals surface area contributed by atoms with E-state index in [1.165, 1.54) is 12.7 Å². The monoisotopic (exact) mass is 449 g/mol. The smallest absolute Gasteiger partial charge is 0.332 e. The summed E-state index contributed by atoms with van der Waals surface area (Å²) in [5.41, 5.74) is 3.75. The maximum atomic E-state index is 13.9. The van der Waals surface area contributed by atoms with Gasteiger partial charge in [-0.25, -0.2) is 4.79 Å². The van der Waals surface area contributed by atoms with Crippen LogP contribution in [0.4, 0.5) is 0 Å². The van der Waals surface area contributed by atoms with Crippen molar-refractivity contribution in [3.63, 3.8) is 0 Å². The van der Waals surface area contributed by atoms with Crippen molar-refractivity contribution in [2.24, 2.45) is 0 Å². The Morgan fingerprint density at radius 1 is 0.912 bits per heavy atom. The van der Waals surface area contributed by atoms with Gasteiger partial charge in [-0.15, -0.1) is 0 Å². The number of nitrogens with zero attached hydrogens (tertiary/aromatic N) is 1. The van der Waals surface area contributed by atoms with Gasteiger partial charge >= 0.3 is 5.97 Å². The largest absolute Gasteiger partial charge is 0.467 e. The highest BCUT2D eigenvalue weighted by atomic mass is 16.5. The molecule has 4 nitrogen and oxygen atoms in total. The molecule has 0 saturated heterocycles. The van der Waals surface area contributed by atoms with Gasteiger partial charge in [0.2, 0.25) is 5.91 Å². The zero-order valence-corrected chi connectivity index (χ0v) is 19.2. The van der Waals surface area contributed by atoms with E-state index in [0.717, 1.165) is 23.1 Å². The molecule has 1 heterocycles. The molecule has 0 aliphatic carbocycles. The molecule has 1 aliphatic heterocycles. The number of carbonyl (C=O) groups excluding carboxylic acids is 2. The number of amides is 1. The summed E-state index contributed by atoms with van der Waals surface area (Å²) >= 11 is 0. The van der Waals surface area contributed by atoms with Crippen LogP contribution < -0.4 is 0 Å². The summed E-state index contributed by atoms with van der Waals surface area (Å²) in [6.45, 7) is 0.285. The van der Waals surface area contributed by atoms with Gasteiger partial charge in [-0.2, -0.15) is 0 Å². The molecule has 4 rings (SSSR count). The molecular weight excluding hydrogens is 422 g/mol. The SMILES string of the molecule is COC(=O)C1C=C(C#CCCc2ccccc2)CN1C(=O)C(c1ccccc1)c1ccccc1. The van der Waals surface area contributed by atoms with E-state index < -0.39 is 17.9 Å². The van der Waals surface area contributed by atoms with Crippen LogP contribution in [0.15, 0.2) is 103 Å². The van der Waals surface area contributed by atoms with Crippen molar-refractivity contribution < 1.29 is 14.3 Å². The Morgan fingerprint density at radius 2 is 1.47 bits per heavy atom. The van der Waals surface area contributed by atoms with Crippen LogP contribution in [0.5, 0.6) is 0 Å². The van der Waals surface area contributed by atoms with Crippen LogP contribution in [-0.2, 0) is 20.7 Å². The normalized spacial score (nSPS) is 14.8. The molecule has 3 aromatic carbocycles. The van der Waals surface area contributed by atoms with Gasteiger partial charge in [-0.05, 0) is 29.2 Å². The van der Waals surface area contributed by atoms with E-state index in [2.05, 4.69) is 24.0 Å². The predicted molar refractivity (Wildman–Crippen MR) is 133 cm³/mol. The Balaban J connectivity index is 1.56. The summed E-state index contributed by atoms with van der Waals surface area (Å²) in [4.78, 5) is 28.0. The van der Waals surface area contributed by atoms with E-state index in [4.69, 9.17) is 4.74 Å². The molecular formula is C30H27NO3. The van der Waals surface area contributed by atoms with Crippen molar-refractivity contribution in [2.75, 3.05) is 13.7 Å². The lowest BCUT2D eigenvalue weighted by Gasteiger charge is -2.28.